The molecule has 0 spiro atoms. The average Bonchev–Trinajstić information content (AvgIpc) is 2.53. The SMILES string of the molecule is CC(=O)O.COc1ccc2c(c1)C=C(C)C2O. The third-order valence-corrected chi connectivity index (χ3v) is 2.40. The van der Waals surface area contributed by atoms with Gasteiger partial charge in [-0.2, -0.15) is 0 Å². The number of aliphatic hydroxyl groups excluding tert-OH is 1. The third-order valence-electron chi connectivity index (χ3n) is 2.40. The molecule has 0 fully saturated rings. The van der Waals surface area contributed by atoms with Crippen molar-refractivity contribution in [1.29, 1.82) is 0 Å². The Labute approximate surface area is 100 Å². The van der Waals surface area contributed by atoms with E-state index in [9.17, 15) is 5.11 Å². The molecule has 0 aromatic heterocycles. The van der Waals surface area contributed by atoms with Crippen LogP contribution in [0.2, 0.25) is 0 Å². The molecule has 1 aliphatic rings. The molecule has 1 aliphatic carbocycles. The van der Waals surface area contributed by atoms with Crippen molar-refractivity contribution in [3.63, 3.8) is 0 Å². The Morgan fingerprint density at radius 2 is 2.00 bits per heavy atom. The number of hydrogen-bond acceptors (Lipinski definition) is 3. The van der Waals surface area contributed by atoms with Crippen molar-refractivity contribution >= 4 is 12.0 Å². The number of hydrogen-bond donors (Lipinski definition) is 2. The number of aliphatic hydroxyl groups is 1. The van der Waals surface area contributed by atoms with Gasteiger partial charge in [0.15, 0.2) is 0 Å². The second-order valence-electron chi connectivity index (χ2n) is 3.80. The van der Waals surface area contributed by atoms with Crippen molar-refractivity contribution in [3.8, 4) is 5.75 Å². The van der Waals surface area contributed by atoms with Gasteiger partial charge in [-0.1, -0.05) is 12.1 Å². The summed E-state index contributed by atoms with van der Waals surface area (Å²) in [6, 6.07) is 5.72. The molecule has 1 atom stereocenters. The number of methoxy groups -OCH3 is 1. The lowest BCUT2D eigenvalue weighted by Gasteiger charge is -2.07. The van der Waals surface area contributed by atoms with Crippen LogP contribution in [0.5, 0.6) is 5.75 Å². The molecule has 0 radical (unpaired) electrons. The molecule has 1 unspecified atom stereocenters. The van der Waals surface area contributed by atoms with Gasteiger partial charge >= 0.3 is 0 Å². The van der Waals surface area contributed by atoms with Crippen molar-refractivity contribution in [3.05, 3.63) is 34.9 Å². The van der Waals surface area contributed by atoms with Gasteiger partial charge in [0, 0.05) is 6.92 Å². The van der Waals surface area contributed by atoms with E-state index in [1.165, 1.54) is 0 Å². The van der Waals surface area contributed by atoms with Gasteiger partial charge in [-0.15, -0.1) is 0 Å². The molecule has 0 heterocycles. The van der Waals surface area contributed by atoms with Gasteiger partial charge in [0.2, 0.25) is 0 Å². The Hall–Kier alpha value is -1.81. The molecule has 1 aromatic rings. The van der Waals surface area contributed by atoms with Crippen LogP contribution in [0.1, 0.15) is 31.1 Å². The molecule has 2 N–H and O–H groups in total. The normalized spacial score (nSPS) is 16.5. The Kier molecular flexibility index (Phi) is 4.29. The first-order chi connectivity index (χ1) is 7.95. The zero-order valence-corrected chi connectivity index (χ0v) is 10.1. The standard InChI is InChI=1S/C11H12O2.C2H4O2/c1-7-5-8-6-9(13-2)3-4-10(8)11(7)12;1-2(3)4/h3-6,11-12H,1-2H3;1H3,(H,3,4). The fraction of sp³-hybridized carbons (Fsp3) is 0.308. The highest BCUT2D eigenvalue weighted by molar-refractivity contribution is 5.66. The number of ether oxygens (including phenoxy) is 1. The van der Waals surface area contributed by atoms with Crippen LogP contribution < -0.4 is 4.74 Å². The van der Waals surface area contributed by atoms with Gasteiger partial charge < -0.3 is 14.9 Å². The highest BCUT2D eigenvalue weighted by atomic mass is 16.5. The predicted octanol–water partition coefficient (Wildman–Crippen LogP) is 2.24. The third kappa shape index (κ3) is 3.32. The predicted molar refractivity (Wildman–Crippen MR) is 64.9 cm³/mol. The van der Waals surface area contributed by atoms with E-state index in [-0.39, 0.29) is 0 Å². The van der Waals surface area contributed by atoms with Gasteiger partial charge in [-0.05, 0) is 35.8 Å². The molecule has 2 rings (SSSR count). The second-order valence-corrected chi connectivity index (χ2v) is 3.80. The fourth-order valence-corrected chi connectivity index (χ4v) is 1.62. The summed E-state index contributed by atoms with van der Waals surface area (Å²) in [5, 5.41) is 17.1. The highest BCUT2D eigenvalue weighted by Crippen LogP contribution is 2.35. The van der Waals surface area contributed by atoms with Gasteiger partial charge in [-0.3, -0.25) is 4.79 Å². The Bertz CT molecular complexity index is 445. The minimum atomic E-state index is -0.833. The summed E-state index contributed by atoms with van der Waals surface area (Å²) in [7, 11) is 1.64. The van der Waals surface area contributed by atoms with Crippen LogP contribution in [-0.2, 0) is 4.79 Å². The van der Waals surface area contributed by atoms with E-state index in [1.54, 1.807) is 7.11 Å². The van der Waals surface area contributed by atoms with E-state index in [0.717, 1.165) is 29.4 Å². The van der Waals surface area contributed by atoms with Crippen molar-refractivity contribution in [2.45, 2.75) is 20.0 Å². The van der Waals surface area contributed by atoms with Crippen LogP contribution in [-0.4, -0.2) is 23.3 Å². The summed E-state index contributed by atoms with van der Waals surface area (Å²) in [6.45, 7) is 3.01. The molecule has 0 saturated heterocycles. The summed E-state index contributed by atoms with van der Waals surface area (Å²) < 4.78 is 5.10. The van der Waals surface area contributed by atoms with E-state index in [2.05, 4.69) is 0 Å². The van der Waals surface area contributed by atoms with Gasteiger partial charge in [0.05, 0.1) is 7.11 Å². The van der Waals surface area contributed by atoms with E-state index in [0.29, 0.717) is 0 Å². The van der Waals surface area contributed by atoms with Gasteiger partial charge in [0.25, 0.3) is 5.97 Å². The van der Waals surface area contributed by atoms with Crippen LogP contribution in [0.15, 0.2) is 23.8 Å². The maximum Gasteiger partial charge on any atom is 0.300 e. The number of fused-ring (bicyclic) bond motifs is 1. The summed E-state index contributed by atoms with van der Waals surface area (Å²) in [5.74, 6) is -0.00287. The molecule has 4 nitrogen and oxygen atoms in total. The van der Waals surface area contributed by atoms with Crippen LogP contribution in [0.3, 0.4) is 0 Å². The fourth-order valence-electron chi connectivity index (χ4n) is 1.62. The first-order valence-electron chi connectivity index (χ1n) is 5.19. The van der Waals surface area contributed by atoms with Crippen LogP contribution >= 0.6 is 0 Å². The summed E-state index contributed by atoms with van der Waals surface area (Å²) >= 11 is 0. The quantitative estimate of drug-likeness (QED) is 0.784. The first kappa shape index (κ1) is 13.3. The first-order valence-corrected chi connectivity index (χ1v) is 5.19. The molecule has 0 saturated carbocycles. The van der Waals surface area contributed by atoms with E-state index >= 15 is 0 Å². The summed E-state index contributed by atoms with van der Waals surface area (Å²) in [4.78, 5) is 9.00. The van der Waals surface area contributed by atoms with Crippen molar-refractivity contribution in [2.24, 2.45) is 0 Å². The maximum atomic E-state index is 9.70. The monoisotopic (exact) mass is 236 g/mol. The number of carboxylic acids is 1. The Morgan fingerprint density at radius 1 is 1.41 bits per heavy atom. The molecule has 0 bridgehead atoms. The molecule has 4 heteroatoms. The average molecular weight is 236 g/mol. The molecule has 17 heavy (non-hydrogen) atoms. The van der Waals surface area contributed by atoms with Gasteiger partial charge in [0.1, 0.15) is 11.9 Å². The Balaban J connectivity index is 0.000000317. The smallest absolute Gasteiger partial charge is 0.300 e. The number of aliphatic carboxylic acids is 1. The Morgan fingerprint density at radius 3 is 2.53 bits per heavy atom. The zero-order valence-electron chi connectivity index (χ0n) is 10.1. The van der Waals surface area contributed by atoms with Crippen LogP contribution in [0.4, 0.5) is 0 Å². The van der Waals surface area contributed by atoms with E-state index in [4.69, 9.17) is 14.6 Å². The number of benzene rings is 1. The van der Waals surface area contributed by atoms with Crippen LogP contribution in [0, 0.1) is 0 Å². The molecule has 1 aromatic carbocycles. The summed E-state index contributed by atoms with van der Waals surface area (Å²) in [5.41, 5.74) is 3.02. The van der Waals surface area contributed by atoms with E-state index in [1.807, 2.05) is 31.2 Å². The molecular formula is C13H16O4. The lowest BCUT2D eigenvalue weighted by Crippen LogP contribution is -1.94. The van der Waals surface area contributed by atoms with E-state index < -0.39 is 12.1 Å². The molecule has 0 amide bonds. The molecule has 0 aliphatic heterocycles. The lowest BCUT2D eigenvalue weighted by atomic mass is 10.1. The van der Waals surface area contributed by atoms with Crippen molar-refractivity contribution in [1.82, 2.24) is 0 Å². The number of rotatable bonds is 1. The summed E-state index contributed by atoms with van der Waals surface area (Å²) in [6.07, 6.45) is 1.56. The van der Waals surface area contributed by atoms with Gasteiger partial charge in [-0.25, -0.2) is 0 Å². The minimum absolute atomic E-state index is 0.430. The highest BCUT2D eigenvalue weighted by Gasteiger charge is 2.19. The largest absolute Gasteiger partial charge is 0.497 e. The minimum Gasteiger partial charge on any atom is -0.497 e. The van der Waals surface area contributed by atoms with Crippen molar-refractivity contribution in [2.75, 3.05) is 7.11 Å². The number of carboxylic acid groups (broad SMARTS) is 1. The topological polar surface area (TPSA) is 66.8 Å². The van der Waals surface area contributed by atoms with Crippen molar-refractivity contribution < 1.29 is 19.7 Å². The molecular weight excluding hydrogens is 220 g/mol. The number of carbonyl (C=O) groups is 1. The lowest BCUT2D eigenvalue weighted by molar-refractivity contribution is -0.134. The van der Waals surface area contributed by atoms with Crippen LogP contribution in [0.25, 0.3) is 6.08 Å². The second kappa shape index (κ2) is 5.50. The maximum absolute atomic E-state index is 9.70. The molecule has 92 valence electrons. The zero-order chi connectivity index (χ0) is 13.0.